The number of halogens is 6. The van der Waals surface area contributed by atoms with E-state index in [1.807, 2.05) is 24.3 Å². The number of rotatable bonds is 0. The molecule has 18 atom stereocenters. The van der Waals surface area contributed by atoms with Gasteiger partial charge in [0.1, 0.15) is 0 Å². The van der Waals surface area contributed by atoms with Gasteiger partial charge in [0, 0.05) is 23.7 Å². The van der Waals surface area contributed by atoms with E-state index in [0.717, 1.165) is 12.8 Å². The average Bonchev–Trinajstić information content (AvgIpc) is 3.88. The fourth-order valence-corrected chi connectivity index (χ4v) is 18.3. The summed E-state index contributed by atoms with van der Waals surface area (Å²) in [6.07, 6.45) is -7.10. The number of nitrogens with zero attached hydrogens (tertiary/aromatic N) is 2. The summed E-state index contributed by atoms with van der Waals surface area (Å²) in [6, 6.07) is 16.5. The molecular weight excluding hydrogens is 622 g/mol. The number of azo groups is 1. The minimum absolute atomic E-state index is 0.0582. The van der Waals surface area contributed by atoms with E-state index in [1.165, 1.54) is 22.3 Å². The molecule has 0 radical (unpaired) electrons. The van der Waals surface area contributed by atoms with E-state index in [2.05, 4.69) is 62.2 Å². The Bertz CT molecular complexity index is 1670. The maximum absolute atomic E-state index is 16.5. The second kappa shape index (κ2) is 7.33. The Balaban J connectivity index is 1.13. The summed E-state index contributed by atoms with van der Waals surface area (Å²) in [5.41, 5.74) is -2.40. The first kappa shape index (κ1) is 28.3. The number of hydrogen-bond acceptors (Lipinski definition) is 2. The molecule has 2 aliphatic heterocycles. The molecule has 2 aromatic carbocycles. The normalized spacial score (nSPS) is 59.1. The van der Waals surface area contributed by atoms with Crippen LogP contribution in [0, 0.1) is 69.0 Å². The van der Waals surface area contributed by atoms with E-state index in [9.17, 15) is 0 Å². The Labute approximate surface area is 276 Å². The minimum atomic E-state index is -4.79. The van der Waals surface area contributed by atoms with Gasteiger partial charge in [-0.3, -0.25) is 0 Å². The summed E-state index contributed by atoms with van der Waals surface area (Å²) in [7, 11) is 0. The van der Waals surface area contributed by atoms with Crippen LogP contribution < -0.4 is 0 Å². The molecule has 10 bridgehead atoms. The molecule has 0 N–H and O–H groups in total. The Morgan fingerprint density at radius 3 is 0.938 bits per heavy atom. The van der Waals surface area contributed by atoms with E-state index >= 15 is 26.3 Å². The van der Waals surface area contributed by atoms with Crippen molar-refractivity contribution in [3.63, 3.8) is 0 Å². The summed E-state index contributed by atoms with van der Waals surface area (Å²) in [5, 5.41) is 8.38. The maximum atomic E-state index is 16.5. The van der Waals surface area contributed by atoms with Crippen LogP contribution in [0.15, 0.2) is 58.8 Å². The smallest absolute Gasteiger partial charge is 0.176 e. The molecule has 252 valence electrons. The predicted octanol–water partition coefficient (Wildman–Crippen LogP) is 10.4. The Kier molecular flexibility index (Phi) is 4.33. The van der Waals surface area contributed by atoms with Crippen molar-refractivity contribution < 1.29 is 26.3 Å². The van der Waals surface area contributed by atoms with Gasteiger partial charge in [0.15, 0.2) is 11.1 Å². The maximum Gasteiger partial charge on any atom is 0.415 e. The summed E-state index contributed by atoms with van der Waals surface area (Å²) in [4.78, 5) is 0. The van der Waals surface area contributed by atoms with Gasteiger partial charge in [-0.05, 0) is 117 Å². The van der Waals surface area contributed by atoms with Gasteiger partial charge < -0.3 is 0 Å². The van der Waals surface area contributed by atoms with Crippen LogP contribution >= 0.6 is 0 Å². The van der Waals surface area contributed by atoms with Crippen LogP contribution in [0.5, 0.6) is 0 Å². The summed E-state index contributed by atoms with van der Waals surface area (Å²) < 4.78 is 99.1. The molecular formula is C40H40F6N2. The summed E-state index contributed by atoms with van der Waals surface area (Å²) in [6.45, 7) is 8.67. The van der Waals surface area contributed by atoms with Gasteiger partial charge in [-0.2, -0.15) is 36.6 Å². The molecule has 7 saturated carbocycles. The molecule has 2 aromatic rings. The van der Waals surface area contributed by atoms with E-state index in [-0.39, 0.29) is 23.7 Å². The standard InChI is InChI=1S/C40H40F6N2/c1-33-21-13-22(18-10-6-5-9-17(18)21)34(33,2)26-15-25(33)29-30(26)38(40(44,45)46)32-28-16-27(31(32)37(29,47-48-38)39(41,42)43)35(3)23-14-24(36(28,35)4)20-12-8-7-11-19(20)23/h5-12,21-32H,13-16H2,1-4H3/t21-,22+,23-,24+,25+,26-,27+,28-,29-,30+,31-,32+,33-,34+,35+,36-,37?,38?. The number of hydrogen-bond donors (Lipinski definition) is 0. The zero-order valence-electron chi connectivity index (χ0n) is 27.5. The van der Waals surface area contributed by atoms with Gasteiger partial charge in [0.25, 0.3) is 0 Å². The van der Waals surface area contributed by atoms with Crippen LogP contribution in [0.3, 0.4) is 0 Å². The lowest BCUT2D eigenvalue weighted by Crippen LogP contribution is -2.81. The molecule has 48 heavy (non-hydrogen) atoms. The van der Waals surface area contributed by atoms with Gasteiger partial charge in [-0.25, -0.2) is 0 Å². The molecule has 8 heteroatoms. The van der Waals surface area contributed by atoms with E-state index in [4.69, 9.17) is 0 Å². The van der Waals surface area contributed by atoms with Crippen LogP contribution in [-0.4, -0.2) is 23.4 Å². The van der Waals surface area contributed by atoms with Crippen molar-refractivity contribution in [1.82, 2.24) is 0 Å². The average molecular weight is 663 g/mol. The highest BCUT2D eigenvalue weighted by Crippen LogP contribution is 2.94. The second-order valence-corrected chi connectivity index (χ2v) is 18.9. The van der Waals surface area contributed by atoms with Crippen molar-refractivity contribution >= 4 is 0 Å². The molecule has 0 aromatic heterocycles. The third-order valence-corrected chi connectivity index (χ3v) is 19.6. The van der Waals surface area contributed by atoms with Crippen LogP contribution in [0.25, 0.3) is 0 Å². The lowest BCUT2D eigenvalue weighted by molar-refractivity contribution is -0.348. The molecule has 2 nitrogen and oxygen atoms in total. The first-order chi connectivity index (χ1) is 22.6. The Morgan fingerprint density at radius 2 is 0.708 bits per heavy atom. The number of benzene rings is 2. The minimum Gasteiger partial charge on any atom is -0.176 e. The molecule has 13 rings (SSSR count). The number of alkyl halides is 6. The van der Waals surface area contributed by atoms with Gasteiger partial charge in [-0.15, -0.1) is 0 Å². The highest BCUT2D eigenvalue weighted by atomic mass is 19.4. The van der Waals surface area contributed by atoms with Crippen LogP contribution in [0.2, 0.25) is 0 Å². The van der Waals surface area contributed by atoms with E-state index in [0.29, 0.717) is 12.8 Å². The van der Waals surface area contributed by atoms with Crippen molar-refractivity contribution in [1.29, 1.82) is 0 Å². The summed E-state index contributed by atoms with van der Waals surface area (Å²) in [5.74, 6) is -6.50. The molecule has 2 unspecified atom stereocenters. The third kappa shape index (κ3) is 2.18. The van der Waals surface area contributed by atoms with Gasteiger partial charge in [-0.1, -0.05) is 76.2 Å². The molecule has 0 saturated heterocycles. The van der Waals surface area contributed by atoms with Gasteiger partial charge in [0.2, 0.25) is 0 Å². The predicted molar refractivity (Wildman–Crippen MR) is 165 cm³/mol. The van der Waals surface area contributed by atoms with E-state index in [1.54, 1.807) is 0 Å². The fraction of sp³-hybridized carbons (Fsp3) is 0.700. The Hall–Kier alpha value is -2.38. The van der Waals surface area contributed by atoms with Crippen molar-refractivity contribution in [2.45, 2.75) is 100 Å². The van der Waals surface area contributed by atoms with E-state index < -0.39 is 92.4 Å². The molecule has 2 heterocycles. The number of fused-ring (bicyclic) bond motifs is 24. The van der Waals surface area contributed by atoms with Gasteiger partial charge >= 0.3 is 12.4 Å². The van der Waals surface area contributed by atoms with Crippen molar-refractivity contribution in [2.24, 2.45) is 79.2 Å². The lowest BCUT2D eigenvalue weighted by Gasteiger charge is -2.72. The van der Waals surface area contributed by atoms with Crippen LogP contribution in [0.1, 0.15) is 99.3 Å². The molecule has 7 fully saturated rings. The largest absolute Gasteiger partial charge is 0.415 e. The second-order valence-electron chi connectivity index (χ2n) is 18.9. The highest BCUT2D eigenvalue weighted by Gasteiger charge is 2.96. The Morgan fingerprint density at radius 1 is 0.458 bits per heavy atom. The first-order valence-electron chi connectivity index (χ1n) is 18.3. The van der Waals surface area contributed by atoms with Crippen LogP contribution in [-0.2, 0) is 0 Å². The SMILES string of the molecule is C[C@@]12[C@@H]3C[C@@H]([C@@H]4[C@H]3C3(C(F)(F)F)N=NC4(C(F)(F)F)[C@H]4[C@@H]3[C@H]3C[C@@H]4[C@@]4(C)[C@@H]5C[C@@H](c6ccccc65)[C@@]34C)[C@]1(C)[C@@H]1C[C@H]2c2ccccc21. The molecule has 0 spiro atoms. The topological polar surface area (TPSA) is 24.7 Å². The zero-order chi connectivity index (χ0) is 33.1. The molecule has 9 aliphatic carbocycles. The van der Waals surface area contributed by atoms with Crippen molar-refractivity contribution in [3.05, 3.63) is 70.8 Å². The fourth-order valence-electron chi connectivity index (χ4n) is 18.3. The zero-order valence-corrected chi connectivity index (χ0v) is 27.5. The van der Waals surface area contributed by atoms with Crippen LogP contribution in [0.4, 0.5) is 26.3 Å². The van der Waals surface area contributed by atoms with Crippen molar-refractivity contribution in [3.8, 4) is 0 Å². The summed E-state index contributed by atoms with van der Waals surface area (Å²) >= 11 is 0. The first-order valence-corrected chi connectivity index (χ1v) is 18.3. The molecule has 11 aliphatic rings. The highest BCUT2D eigenvalue weighted by molar-refractivity contribution is 5.54. The van der Waals surface area contributed by atoms with Crippen molar-refractivity contribution in [2.75, 3.05) is 0 Å². The van der Waals surface area contributed by atoms with Gasteiger partial charge in [0.05, 0.1) is 0 Å². The monoisotopic (exact) mass is 662 g/mol. The molecule has 0 amide bonds. The lowest BCUT2D eigenvalue weighted by atomic mass is 9.33. The third-order valence-electron chi connectivity index (χ3n) is 19.6. The quantitative estimate of drug-likeness (QED) is 0.198.